The van der Waals surface area contributed by atoms with E-state index in [2.05, 4.69) is 5.32 Å². The predicted octanol–water partition coefficient (Wildman–Crippen LogP) is -0.938. The molecule has 0 bridgehead atoms. The molecule has 122 valence electrons. The monoisotopic (exact) mass is 319 g/mol. The van der Waals surface area contributed by atoms with E-state index in [-0.39, 0.29) is 41.9 Å². The molecule has 0 aromatic heterocycles. The summed E-state index contributed by atoms with van der Waals surface area (Å²) in [6.07, 6.45) is -0.892. The Morgan fingerprint density at radius 1 is 1.39 bits per heavy atom. The van der Waals surface area contributed by atoms with Gasteiger partial charge in [-0.15, -0.1) is 0 Å². The lowest BCUT2D eigenvalue weighted by molar-refractivity contribution is -0.119. The smallest absolute Gasteiger partial charge is 0.404 e. The number of ether oxygens (including phenoxy) is 2. The van der Waals surface area contributed by atoms with Crippen molar-refractivity contribution in [1.82, 2.24) is 10.2 Å². The lowest BCUT2D eigenvalue weighted by atomic mass is 9.85. The number of nitrogens with two attached hydrogens (primary N) is 1. The number of carbonyl (C=O) groups is 3. The highest BCUT2D eigenvalue weighted by atomic mass is 16.5. The minimum atomic E-state index is -0.892. The molecular formula is C15H17N3O5. The minimum absolute atomic E-state index is 0.0186. The van der Waals surface area contributed by atoms with Crippen LogP contribution in [0.15, 0.2) is 22.6 Å². The number of amides is 1. The second kappa shape index (κ2) is 4.58. The second-order valence-electron chi connectivity index (χ2n) is 6.26. The van der Waals surface area contributed by atoms with Crippen LogP contribution in [0, 0.1) is 5.92 Å². The fourth-order valence-corrected chi connectivity index (χ4v) is 4.13. The quantitative estimate of drug-likeness (QED) is 0.509. The van der Waals surface area contributed by atoms with Crippen molar-refractivity contribution in [3.8, 4) is 0 Å². The zero-order valence-corrected chi connectivity index (χ0v) is 12.8. The van der Waals surface area contributed by atoms with Crippen LogP contribution in [-0.4, -0.2) is 60.9 Å². The van der Waals surface area contributed by atoms with E-state index in [9.17, 15) is 14.4 Å². The Bertz CT molecular complexity index is 710. The van der Waals surface area contributed by atoms with Crippen LogP contribution in [0.3, 0.4) is 0 Å². The first kappa shape index (κ1) is 14.3. The van der Waals surface area contributed by atoms with Gasteiger partial charge in [-0.05, 0) is 6.92 Å². The molecule has 1 amide bonds. The number of ketones is 2. The van der Waals surface area contributed by atoms with Crippen LogP contribution in [0.4, 0.5) is 4.79 Å². The van der Waals surface area contributed by atoms with Crippen LogP contribution in [0.1, 0.15) is 6.92 Å². The molecule has 3 heterocycles. The molecule has 1 aliphatic carbocycles. The third-order valence-corrected chi connectivity index (χ3v) is 5.13. The molecule has 0 spiro atoms. The topological polar surface area (TPSA) is 121 Å². The van der Waals surface area contributed by atoms with Crippen molar-refractivity contribution >= 4 is 17.7 Å². The lowest BCUT2D eigenvalue weighted by Gasteiger charge is -2.27. The van der Waals surface area contributed by atoms with Gasteiger partial charge in [-0.25, -0.2) is 4.79 Å². The van der Waals surface area contributed by atoms with Crippen LogP contribution in [0.25, 0.3) is 0 Å². The minimum Gasteiger partial charge on any atom is -0.492 e. The summed E-state index contributed by atoms with van der Waals surface area (Å²) in [7, 11) is 1.37. The Kier molecular flexibility index (Phi) is 2.84. The van der Waals surface area contributed by atoms with Crippen LogP contribution in [0.2, 0.25) is 0 Å². The summed E-state index contributed by atoms with van der Waals surface area (Å²) < 4.78 is 10.1. The Morgan fingerprint density at radius 2 is 2.13 bits per heavy atom. The molecule has 0 saturated carbocycles. The average Bonchev–Trinajstić information content (AvgIpc) is 3.04. The van der Waals surface area contributed by atoms with E-state index >= 15 is 0 Å². The molecule has 0 aromatic carbocycles. The average molecular weight is 319 g/mol. The van der Waals surface area contributed by atoms with Crippen LogP contribution in [0.5, 0.6) is 0 Å². The number of methoxy groups -OCH3 is 1. The van der Waals surface area contributed by atoms with Crippen molar-refractivity contribution < 1.29 is 23.9 Å². The number of piperazine rings is 1. The molecule has 0 aromatic rings. The van der Waals surface area contributed by atoms with Crippen molar-refractivity contribution in [3.05, 3.63) is 22.6 Å². The summed E-state index contributed by atoms with van der Waals surface area (Å²) >= 11 is 0. The van der Waals surface area contributed by atoms with Gasteiger partial charge in [-0.3, -0.25) is 9.59 Å². The summed E-state index contributed by atoms with van der Waals surface area (Å²) in [5, 5.41) is 3.33. The van der Waals surface area contributed by atoms with Crippen molar-refractivity contribution in [1.29, 1.82) is 0 Å². The van der Waals surface area contributed by atoms with Gasteiger partial charge >= 0.3 is 6.09 Å². The summed E-state index contributed by atoms with van der Waals surface area (Å²) in [6.45, 7) is 2.26. The normalized spacial score (nSPS) is 34.4. The van der Waals surface area contributed by atoms with Gasteiger partial charge in [0.2, 0.25) is 11.6 Å². The lowest BCUT2D eigenvalue weighted by Crippen LogP contribution is -2.40. The van der Waals surface area contributed by atoms with Gasteiger partial charge in [0.1, 0.15) is 6.61 Å². The maximum atomic E-state index is 12.8. The first-order chi connectivity index (χ1) is 11.0. The number of hydrogen-bond donors (Lipinski definition) is 2. The maximum Gasteiger partial charge on any atom is 0.404 e. The predicted molar refractivity (Wildman–Crippen MR) is 77.0 cm³/mol. The SMILES string of the molecule is COC1=C(C)C(=O)C2=C(C1=O)C(COC(N)=O)C1C3NC3CN21. The number of Topliss-reactive ketones (excluding diaryl/α,β-unsaturated/α-hetero) is 2. The van der Waals surface area contributed by atoms with Gasteiger partial charge in [0.25, 0.3) is 0 Å². The highest BCUT2D eigenvalue weighted by Crippen LogP contribution is 2.48. The van der Waals surface area contributed by atoms with E-state index in [0.29, 0.717) is 29.4 Å². The second-order valence-corrected chi connectivity index (χ2v) is 6.26. The molecule has 4 atom stereocenters. The molecule has 4 unspecified atom stereocenters. The number of rotatable bonds is 3. The van der Waals surface area contributed by atoms with Gasteiger partial charge in [0.05, 0.1) is 18.8 Å². The van der Waals surface area contributed by atoms with Crippen molar-refractivity contribution in [3.63, 3.8) is 0 Å². The molecule has 3 aliphatic heterocycles. The van der Waals surface area contributed by atoms with E-state index in [1.807, 2.05) is 4.90 Å². The van der Waals surface area contributed by atoms with E-state index < -0.39 is 6.09 Å². The molecule has 0 radical (unpaired) electrons. The Labute approximate surface area is 132 Å². The van der Waals surface area contributed by atoms with Crippen molar-refractivity contribution in [2.24, 2.45) is 11.7 Å². The maximum absolute atomic E-state index is 12.8. The number of hydrogen-bond acceptors (Lipinski definition) is 7. The number of fused-ring (bicyclic) bond motifs is 4. The number of carbonyl (C=O) groups excluding carboxylic acids is 3. The third-order valence-electron chi connectivity index (χ3n) is 5.13. The first-order valence-corrected chi connectivity index (χ1v) is 7.49. The van der Waals surface area contributed by atoms with Crippen molar-refractivity contribution in [2.75, 3.05) is 20.3 Å². The first-order valence-electron chi connectivity index (χ1n) is 7.49. The van der Waals surface area contributed by atoms with Gasteiger partial charge in [-0.2, -0.15) is 0 Å². The summed E-state index contributed by atoms with van der Waals surface area (Å²) in [5.74, 6) is -0.801. The molecule has 8 nitrogen and oxygen atoms in total. The molecule has 2 fully saturated rings. The Balaban J connectivity index is 1.76. The molecule has 4 aliphatic rings. The van der Waals surface area contributed by atoms with Crippen molar-refractivity contribution in [2.45, 2.75) is 25.0 Å². The molecule has 23 heavy (non-hydrogen) atoms. The van der Waals surface area contributed by atoms with Gasteiger partial charge < -0.3 is 25.4 Å². The highest BCUT2D eigenvalue weighted by Gasteiger charge is 2.62. The largest absolute Gasteiger partial charge is 0.492 e. The third kappa shape index (κ3) is 1.78. The fourth-order valence-electron chi connectivity index (χ4n) is 4.13. The number of primary amides is 1. The van der Waals surface area contributed by atoms with Crippen LogP contribution < -0.4 is 11.1 Å². The zero-order valence-electron chi connectivity index (χ0n) is 12.8. The van der Waals surface area contributed by atoms with E-state index in [1.165, 1.54) is 7.11 Å². The molecule has 8 heteroatoms. The Morgan fingerprint density at radius 3 is 2.78 bits per heavy atom. The summed E-state index contributed by atoms with van der Waals surface area (Å²) in [5.41, 5.74) is 6.21. The fraction of sp³-hybridized carbons (Fsp3) is 0.533. The van der Waals surface area contributed by atoms with Crippen LogP contribution >= 0.6 is 0 Å². The van der Waals surface area contributed by atoms with Gasteiger partial charge in [0, 0.05) is 35.7 Å². The number of nitrogens with zero attached hydrogens (tertiary/aromatic N) is 1. The standard InChI is InChI=1S/C15H17N3O5/c1-5-12(19)11-8(13(20)14(5)22-2)6(4-23-15(16)21)10-9-7(17-9)3-18(10)11/h6-7,9-10,17H,3-4H2,1-2H3,(H2,16,21). The number of allylic oxidation sites excluding steroid dienone is 2. The van der Waals surface area contributed by atoms with E-state index in [4.69, 9.17) is 15.2 Å². The van der Waals surface area contributed by atoms with E-state index in [0.717, 1.165) is 0 Å². The molecule has 2 saturated heterocycles. The molecule has 3 N–H and O–H groups in total. The summed E-state index contributed by atoms with van der Waals surface area (Å²) in [6, 6.07) is 0.455. The highest BCUT2D eigenvalue weighted by molar-refractivity contribution is 6.24. The molecule has 4 rings (SSSR count). The van der Waals surface area contributed by atoms with Gasteiger partial charge in [-0.1, -0.05) is 0 Å². The summed E-state index contributed by atoms with van der Waals surface area (Å²) in [4.78, 5) is 38.5. The van der Waals surface area contributed by atoms with Gasteiger partial charge in [0.15, 0.2) is 5.76 Å². The molecular weight excluding hydrogens is 302 g/mol. The number of nitrogens with one attached hydrogen (secondary N) is 1. The Hall–Kier alpha value is -2.35. The van der Waals surface area contributed by atoms with Crippen LogP contribution in [-0.2, 0) is 19.1 Å². The zero-order chi connectivity index (χ0) is 16.5. The van der Waals surface area contributed by atoms with E-state index in [1.54, 1.807) is 6.92 Å².